The van der Waals surface area contributed by atoms with Crippen LogP contribution in [0.1, 0.15) is 44.1 Å². The summed E-state index contributed by atoms with van der Waals surface area (Å²) in [7, 11) is 1.97. The van der Waals surface area contributed by atoms with E-state index in [1.54, 1.807) is 23.3 Å². The molecule has 3 rings (SSSR count). The van der Waals surface area contributed by atoms with Crippen LogP contribution in [-0.4, -0.2) is 42.3 Å². The first kappa shape index (κ1) is 16.8. The van der Waals surface area contributed by atoms with Crippen molar-refractivity contribution in [3.05, 3.63) is 40.6 Å². The molecule has 0 aliphatic carbocycles. The maximum atomic E-state index is 12.2. The zero-order valence-electron chi connectivity index (χ0n) is 14.7. The lowest BCUT2D eigenvalue weighted by molar-refractivity contribution is 0.161. The molecule has 3 heterocycles. The highest BCUT2D eigenvalue weighted by Gasteiger charge is 2.21. The van der Waals surface area contributed by atoms with E-state index in [2.05, 4.69) is 33.9 Å². The van der Waals surface area contributed by atoms with Gasteiger partial charge in [0.2, 0.25) is 0 Å². The first-order chi connectivity index (χ1) is 11.5. The highest BCUT2D eigenvalue weighted by molar-refractivity contribution is 5.04. The van der Waals surface area contributed by atoms with E-state index in [0.717, 1.165) is 50.5 Å². The topological polar surface area (TPSA) is 68.8 Å². The number of aryl methyl sites for hydroxylation is 1. The van der Waals surface area contributed by atoms with Gasteiger partial charge in [-0.1, -0.05) is 13.8 Å². The van der Waals surface area contributed by atoms with Crippen molar-refractivity contribution in [3.63, 3.8) is 0 Å². The smallest absolute Gasteiger partial charge is 0.253 e. The van der Waals surface area contributed by atoms with Gasteiger partial charge in [-0.15, -0.1) is 10.2 Å². The molecule has 24 heavy (non-hydrogen) atoms. The van der Waals surface area contributed by atoms with Crippen molar-refractivity contribution in [3.8, 4) is 0 Å². The van der Waals surface area contributed by atoms with Gasteiger partial charge >= 0.3 is 0 Å². The van der Waals surface area contributed by atoms with Gasteiger partial charge in [0, 0.05) is 19.7 Å². The number of rotatable bonds is 5. The van der Waals surface area contributed by atoms with Crippen molar-refractivity contribution >= 4 is 0 Å². The molecular weight excluding hydrogens is 304 g/mol. The predicted molar refractivity (Wildman–Crippen MR) is 91.6 cm³/mol. The fraction of sp³-hybridized carbons (Fsp3) is 0.647. The molecule has 0 atom stereocenters. The van der Waals surface area contributed by atoms with Gasteiger partial charge in [0.15, 0.2) is 0 Å². The second kappa shape index (κ2) is 7.25. The summed E-state index contributed by atoms with van der Waals surface area (Å²) < 4.78 is 3.72. The maximum Gasteiger partial charge on any atom is 0.253 e. The molecule has 7 heteroatoms. The minimum atomic E-state index is 0.0650. The van der Waals surface area contributed by atoms with Crippen LogP contribution in [0.2, 0.25) is 0 Å². The third kappa shape index (κ3) is 3.90. The van der Waals surface area contributed by atoms with Crippen LogP contribution in [-0.2, 0) is 20.1 Å². The van der Waals surface area contributed by atoms with Crippen LogP contribution in [0.3, 0.4) is 0 Å². The molecule has 0 aromatic carbocycles. The minimum absolute atomic E-state index is 0.0650. The zero-order valence-corrected chi connectivity index (χ0v) is 14.7. The van der Waals surface area contributed by atoms with Crippen LogP contribution < -0.4 is 5.56 Å². The highest BCUT2D eigenvalue weighted by Crippen LogP contribution is 2.20. The normalized spacial score (nSPS) is 16.8. The van der Waals surface area contributed by atoms with Gasteiger partial charge in [-0.2, -0.15) is 0 Å². The number of hydrogen-bond donors (Lipinski definition) is 0. The Balaban J connectivity index is 1.54. The van der Waals surface area contributed by atoms with Gasteiger partial charge in [0.1, 0.15) is 12.2 Å². The van der Waals surface area contributed by atoms with Gasteiger partial charge in [-0.25, -0.2) is 4.98 Å². The molecule has 0 amide bonds. The molecular formula is C17H26N6O. The van der Waals surface area contributed by atoms with Crippen molar-refractivity contribution in [2.24, 2.45) is 13.0 Å². The quantitative estimate of drug-likeness (QED) is 0.829. The SMILES string of the molecule is CC(C)c1cc(=O)n(CC2CCN(Cc3nncn3C)CC2)cn1. The monoisotopic (exact) mass is 330 g/mol. The Hall–Kier alpha value is -2.02. The summed E-state index contributed by atoms with van der Waals surface area (Å²) in [6.45, 7) is 7.78. The van der Waals surface area contributed by atoms with Crippen LogP contribution in [0, 0.1) is 5.92 Å². The van der Waals surface area contributed by atoms with Crippen LogP contribution in [0.5, 0.6) is 0 Å². The van der Waals surface area contributed by atoms with Gasteiger partial charge < -0.3 is 4.57 Å². The van der Waals surface area contributed by atoms with Gasteiger partial charge in [-0.05, 0) is 37.8 Å². The maximum absolute atomic E-state index is 12.2. The summed E-state index contributed by atoms with van der Waals surface area (Å²) in [6, 6.07) is 1.67. The molecule has 0 bridgehead atoms. The zero-order chi connectivity index (χ0) is 17.1. The first-order valence-corrected chi connectivity index (χ1v) is 8.64. The summed E-state index contributed by atoms with van der Waals surface area (Å²) in [4.78, 5) is 19.0. The van der Waals surface area contributed by atoms with E-state index in [9.17, 15) is 4.79 Å². The van der Waals surface area contributed by atoms with Gasteiger partial charge in [0.25, 0.3) is 5.56 Å². The molecule has 0 N–H and O–H groups in total. The van der Waals surface area contributed by atoms with Crippen LogP contribution in [0.4, 0.5) is 0 Å². The number of likely N-dealkylation sites (tertiary alicyclic amines) is 1. The Morgan fingerprint density at radius 3 is 2.58 bits per heavy atom. The van der Waals surface area contributed by atoms with Crippen molar-refractivity contribution < 1.29 is 0 Å². The largest absolute Gasteiger partial charge is 0.320 e. The summed E-state index contributed by atoms with van der Waals surface area (Å²) in [5, 5.41) is 8.08. The summed E-state index contributed by atoms with van der Waals surface area (Å²) >= 11 is 0. The van der Waals surface area contributed by atoms with E-state index in [-0.39, 0.29) is 11.5 Å². The van der Waals surface area contributed by atoms with Crippen molar-refractivity contribution in [1.82, 2.24) is 29.2 Å². The lowest BCUT2D eigenvalue weighted by Crippen LogP contribution is -2.36. The van der Waals surface area contributed by atoms with Crippen molar-refractivity contribution in [1.29, 1.82) is 0 Å². The molecule has 0 spiro atoms. The third-order valence-electron chi connectivity index (χ3n) is 4.82. The molecule has 1 aliphatic rings. The molecule has 1 fully saturated rings. The fourth-order valence-corrected chi connectivity index (χ4v) is 3.15. The number of aromatic nitrogens is 5. The lowest BCUT2D eigenvalue weighted by atomic mass is 9.96. The van der Waals surface area contributed by atoms with Crippen LogP contribution in [0.25, 0.3) is 0 Å². The predicted octanol–water partition coefficient (Wildman–Crippen LogP) is 1.41. The van der Waals surface area contributed by atoms with E-state index in [4.69, 9.17) is 0 Å². The highest BCUT2D eigenvalue weighted by atomic mass is 16.1. The van der Waals surface area contributed by atoms with Crippen molar-refractivity contribution in [2.45, 2.75) is 45.7 Å². The standard InChI is InChI=1S/C17H26N6O/c1-13(2)15-8-17(24)23(11-18-15)9-14-4-6-22(7-5-14)10-16-20-19-12-21(16)3/h8,11-14H,4-7,9-10H2,1-3H3. The molecule has 2 aromatic heterocycles. The molecule has 7 nitrogen and oxygen atoms in total. The Morgan fingerprint density at radius 2 is 2.00 bits per heavy atom. The second-order valence-corrected chi connectivity index (χ2v) is 7.04. The minimum Gasteiger partial charge on any atom is -0.320 e. The van der Waals surface area contributed by atoms with Crippen molar-refractivity contribution in [2.75, 3.05) is 13.1 Å². The molecule has 0 unspecified atom stereocenters. The van der Waals surface area contributed by atoms with E-state index >= 15 is 0 Å². The van der Waals surface area contributed by atoms with E-state index in [1.807, 2.05) is 11.6 Å². The fourth-order valence-electron chi connectivity index (χ4n) is 3.15. The Labute approximate surface area is 142 Å². The first-order valence-electron chi connectivity index (χ1n) is 8.64. The average Bonchev–Trinajstić information content (AvgIpc) is 2.96. The van der Waals surface area contributed by atoms with Crippen LogP contribution >= 0.6 is 0 Å². The van der Waals surface area contributed by atoms with Crippen LogP contribution in [0.15, 0.2) is 23.5 Å². The van der Waals surface area contributed by atoms with Gasteiger partial charge in [-0.3, -0.25) is 14.3 Å². The molecule has 2 aromatic rings. The Bertz CT molecular complexity index is 727. The Morgan fingerprint density at radius 1 is 1.25 bits per heavy atom. The second-order valence-electron chi connectivity index (χ2n) is 7.04. The van der Waals surface area contributed by atoms with E-state index in [0.29, 0.717) is 5.92 Å². The third-order valence-corrected chi connectivity index (χ3v) is 4.82. The summed E-state index contributed by atoms with van der Waals surface area (Å²) in [5.74, 6) is 1.82. The summed E-state index contributed by atoms with van der Waals surface area (Å²) in [5.41, 5.74) is 0.935. The molecule has 1 aliphatic heterocycles. The molecule has 130 valence electrons. The summed E-state index contributed by atoms with van der Waals surface area (Å²) in [6.07, 6.45) is 5.64. The number of piperidine rings is 1. The number of nitrogens with zero attached hydrogens (tertiary/aromatic N) is 6. The molecule has 0 saturated carbocycles. The Kier molecular flexibility index (Phi) is 5.08. The van der Waals surface area contributed by atoms with Gasteiger partial charge in [0.05, 0.1) is 18.6 Å². The average molecular weight is 330 g/mol. The number of hydrogen-bond acceptors (Lipinski definition) is 5. The molecule has 1 saturated heterocycles. The van der Waals surface area contributed by atoms with E-state index in [1.165, 1.54) is 0 Å². The van der Waals surface area contributed by atoms with E-state index < -0.39 is 0 Å². The molecule has 0 radical (unpaired) electrons. The lowest BCUT2D eigenvalue weighted by Gasteiger charge is -2.31.